The molecule has 2 heterocycles. The lowest BCUT2D eigenvalue weighted by Gasteiger charge is -2.19. The van der Waals surface area contributed by atoms with Gasteiger partial charge in [-0.1, -0.05) is 24.3 Å². The molecule has 148 valence electrons. The van der Waals surface area contributed by atoms with Crippen LogP contribution in [0.1, 0.15) is 34.1 Å². The van der Waals surface area contributed by atoms with Crippen LogP contribution in [0.5, 0.6) is 5.75 Å². The number of carbonyl (C=O) groups excluding carboxylic acids is 1. The Morgan fingerprint density at radius 1 is 1.14 bits per heavy atom. The van der Waals surface area contributed by atoms with E-state index in [-0.39, 0.29) is 12.1 Å². The van der Waals surface area contributed by atoms with Gasteiger partial charge >= 0.3 is 5.97 Å². The van der Waals surface area contributed by atoms with Gasteiger partial charge in [0.2, 0.25) is 0 Å². The van der Waals surface area contributed by atoms with Gasteiger partial charge in [-0.2, -0.15) is 0 Å². The van der Waals surface area contributed by atoms with E-state index >= 15 is 0 Å². The van der Waals surface area contributed by atoms with Crippen LogP contribution in [-0.4, -0.2) is 34.1 Å². The molecule has 1 atom stereocenters. The number of rotatable bonds is 7. The Balaban J connectivity index is 1.92. The lowest BCUT2D eigenvalue weighted by atomic mass is 9.98. The maximum Gasteiger partial charge on any atom is 0.305 e. The number of carboxylic acids is 1. The first kappa shape index (κ1) is 20.0. The predicted molar refractivity (Wildman–Crippen MR) is 108 cm³/mol. The quantitative estimate of drug-likeness (QED) is 0.640. The van der Waals surface area contributed by atoms with Gasteiger partial charge in [-0.25, -0.2) is 4.98 Å². The molecule has 0 saturated heterocycles. The second kappa shape index (κ2) is 8.97. The van der Waals surface area contributed by atoms with Gasteiger partial charge in [0.1, 0.15) is 17.1 Å². The summed E-state index contributed by atoms with van der Waals surface area (Å²) in [7, 11) is 1.53. The minimum Gasteiger partial charge on any atom is -0.494 e. The maximum atomic E-state index is 12.9. The molecule has 7 heteroatoms. The molecule has 1 amide bonds. The van der Waals surface area contributed by atoms with Crippen LogP contribution in [-0.2, 0) is 4.79 Å². The highest BCUT2D eigenvalue weighted by atomic mass is 16.5. The molecule has 29 heavy (non-hydrogen) atoms. The summed E-state index contributed by atoms with van der Waals surface area (Å²) >= 11 is 0. The van der Waals surface area contributed by atoms with E-state index in [0.717, 1.165) is 11.1 Å². The molecule has 7 nitrogen and oxygen atoms in total. The van der Waals surface area contributed by atoms with E-state index in [1.807, 2.05) is 37.3 Å². The number of aryl methyl sites for hydroxylation is 1. The number of methoxy groups -OCH3 is 1. The Morgan fingerprint density at radius 3 is 2.59 bits per heavy atom. The number of benzene rings is 1. The molecular formula is C22H21N3O4. The van der Waals surface area contributed by atoms with Crippen molar-refractivity contribution < 1.29 is 19.4 Å². The zero-order chi connectivity index (χ0) is 20.8. The number of hydrogen-bond acceptors (Lipinski definition) is 5. The topological polar surface area (TPSA) is 101 Å². The first-order valence-electron chi connectivity index (χ1n) is 9.03. The molecule has 0 unspecified atom stereocenters. The lowest BCUT2D eigenvalue weighted by molar-refractivity contribution is -0.137. The smallest absolute Gasteiger partial charge is 0.305 e. The number of hydrogen-bond donors (Lipinski definition) is 2. The van der Waals surface area contributed by atoms with Crippen LogP contribution in [0.15, 0.2) is 60.9 Å². The first-order chi connectivity index (χ1) is 14.0. The van der Waals surface area contributed by atoms with Crippen LogP contribution >= 0.6 is 0 Å². The summed E-state index contributed by atoms with van der Waals surface area (Å²) in [5.74, 6) is -0.958. The number of pyridine rings is 2. The molecule has 2 aromatic heterocycles. The molecule has 3 rings (SSSR count). The number of nitrogens with one attached hydrogen (secondary N) is 1. The molecule has 0 saturated carbocycles. The Morgan fingerprint density at radius 2 is 1.93 bits per heavy atom. The van der Waals surface area contributed by atoms with E-state index in [4.69, 9.17) is 4.74 Å². The van der Waals surface area contributed by atoms with Crippen LogP contribution in [0.3, 0.4) is 0 Å². The largest absolute Gasteiger partial charge is 0.494 e. The number of nitrogens with zero attached hydrogens (tertiary/aromatic N) is 2. The molecule has 0 aliphatic heterocycles. The molecule has 1 aromatic carbocycles. The average Bonchev–Trinajstić information content (AvgIpc) is 2.73. The molecule has 0 radical (unpaired) electrons. The van der Waals surface area contributed by atoms with Crippen molar-refractivity contribution in [3.05, 3.63) is 77.7 Å². The van der Waals surface area contributed by atoms with Gasteiger partial charge < -0.3 is 15.2 Å². The van der Waals surface area contributed by atoms with Gasteiger partial charge in [0.25, 0.3) is 5.91 Å². The number of carbonyl (C=O) groups is 2. The van der Waals surface area contributed by atoms with Crippen LogP contribution in [0.25, 0.3) is 11.3 Å². The zero-order valence-corrected chi connectivity index (χ0v) is 16.1. The van der Waals surface area contributed by atoms with Crippen molar-refractivity contribution in [2.24, 2.45) is 0 Å². The Bertz CT molecular complexity index is 1020. The minimum absolute atomic E-state index is 0.161. The Hall–Kier alpha value is -3.74. The van der Waals surface area contributed by atoms with Crippen LogP contribution < -0.4 is 10.1 Å². The molecule has 2 N–H and O–H groups in total. The summed E-state index contributed by atoms with van der Waals surface area (Å²) in [5.41, 5.74) is 3.01. The fourth-order valence-electron chi connectivity index (χ4n) is 3.07. The van der Waals surface area contributed by atoms with Crippen LogP contribution in [0, 0.1) is 6.92 Å². The second-order valence-electron chi connectivity index (χ2n) is 6.47. The summed E-state index contributed by atoms with van der Waals surface area (Å²) in [6, 6.07) is 13.5. The fourth-order valence-corrected chi connectivity index (χ4v) is 3.07. The second-order valence-corrected chi connectivity index (χ2v) is 6.47. The lowest BCUT2D eigenvalue weighted by Crippen LogP contribution is -2.31. The van der Waals surface area contributed by atoms with E-state index < -0.39 is 17.9 Å². The van der Waals surface area contributed by atoms with Crippen LogP contribution in [0.2, 0.25) is 0 Å². The highest BCUT2D eigenvalue weighted by molar-refractivity contribution is 5.93. The van der Waals surface area contributed by atoms with Gasteiger partial charge in [0, 0.05) is 18.0 Å². The van der Waals surface area contributed by atoms with Crippen LogP contribution in [0.4, 0.5) is 0 Å². The third-order valence-corrected chi connectivity index (χ3v) is 4.49. The minimum atomic E-state index is -1.00. The number of carboxylic acid groups (broad SMARTS) is 1. The van der Waals surface area contributed by atoms with Gasteiger partial charge in [-0.15, -0.1) is 0 Å². The summed E-state index contributed by atoms with van der Waals surface area (Å²) in [6.45, 7) is 1.88. The molecule has 0 fully saturated rings. The molecular weight excluding hydrogens is 370 g/mol. The molecule has 0 aliphatic rings. The zero-order valence-electron chi connectivity index (χ0n) is 16.1. The van der Waals surface area contributed by atoms with E-state index in [9.17, 15) is 14.7 Å². The standard InChI is InChI=1S/C22H21N3O4/c1-14-6-3-4-8-16(14)18(12-20(26)27)25-22(28)17-9-10-19(29-2)21(24-17)15-7-5-11-23-13-15/h3-11,13,18H,12H2,1-2H3,(H,25,28)(H,26,27)/t18-/m0/s1. The summed E-state index contributed by atoms with van der Waals surface area (Å²) in [6.07, 6.45) is 3.04. The van der Waals surface area contributed by atoms with E-state index in [1.165, 1.54) is 7.11 Å². The summed E-state index contributed by atoms with van der Waals surface area (Å²) in [5, 5.41) is 12.1. The van der Waals surface area contributed by atoms with Crippen molar-refractivity contribution in [2.45, 2.75) is 19.4 Å². The first-order valence-corrected chi connectivity index (χ1v) is 9.03. The van der Waals surface area contributed by atoms with E-state index in [2.05, 4.69) is 15.3 Å². The summed E-state index contributed by atoms with van der Waals surface area (Å²) in [4.78, 5) is 32.7. The van der Waals surface area contributed by atoms with Gasteiger partial charge in [-0.3, -0.25) is 14.6 Å². The van der Waals surface area contributed by atoms with Crippen molar-refractivity contribution in [3.63, 3.8) is 0 Å². The van der Waals surface area contributed by atoms with Crippen molar-refractivity contribution >= 4 is 11.9 Å². The molecule has 0 aliphatic carbocycles. The van der Waals surface area contributed by atoms with E-state index in [1.54, 1.807) is 30.6 Å². The fraction of sp³-hybridized carbons (Fsp3) is 0.182. The third-order valence-electron chi connectivity index (χ3n) is 4.49. The summed E-state index contributed by atoms with van der Waals surface area (Å²) < 4.78 is 5.35. The van der Waals surface area contributed by atoms with E-state index in [0.29, 0.717) is 17.0 Å². The molecule has 3 aromatic rings. The maximum absolute atomic E-state index is 12.9. The monoisotopic (exact) mass is 391 g/mol. The van der Waals surface area contributed by atoms with Crippen molar-refractivity contribution in [2.75, 3.05) is 7.11 Å². The normalized spacial score (nSPS) is 11.5. The number of ether oxygens (including phenoxy) is 1. The number of amides is 1. The van der Waals surface area contributed by atoms with Crippen molar-refractivity contribution in [1.29, 1.82) is 0 Å². The van der Waals surface area contributed by atoms with Gasteiger partial charge in [0.15, 0.2) is 0 Å². The van der Waals surface area contributed by atoms with Gasteiger partial charge in [0.05, 0.1) is 19.6 Å². The molecule has 0 bridgehead atoms. The highest BCUT2D eigenvalue weighted by Crippen LogP contribution is 2.28. The SMILES string of the molecule is COc1ccc(C(=O)N[C@@H](CC(=O)O)c2ccccc2C)nc1-c1cccnc1. The Labute approximate surface area is 168 Å². The Kier molecular flexibility index (Phi) is 6.19. The highest BCUT2D eigenvalue weighted by Gasteiger charge is 2.22. The van der Waals surface area contributed by atoms with Crippen molar-refractivity contribution in [1.82, 2.24) is 15.3 Å². The van der Waals surface area contributed by atoms with Crippen molar-refractivity contribution in [3.8, 4) is 17.0 Å². The average molecular weight is 391 g/mol. The third kappa shape index (κ3) is 4.76. The number of aromatic nitrogens is 2. The predicted octanol–water partition coefficient (Wildman–Crippen LogP) is 3.41. The van der Waals surface area contributed by atoms with Gasteiger partial charge in [-0.05, 0) is 42.3 Å². The molecule has 0 spiro atoms. The number of aliphatic carboxylic acids is 1.